The number of esters is 1. The van der Waals surface area contributed by atoms with Gasteiger partial charge in [0.25, 0.3) is 0 Å². The third-order valence-electron chi connectivity index (χ3n) is 4.07. The number of aromatic nitrogens is 1. The Morgan fingerprint density at radius 1 is 1.15 bits per heavy atom. The number of ether oxygens (including phenoxy) is 1. The lowest BCUT2D eigenvalue weighted by Gasteiger charge is -2.14. The highest BCUT2D eigenvalue weighted by molar-refractivity contribution is 7.13. The molecule has 4 rings (SSSR count). The van der Waals surface area contributed by atoms with Crippen LogP contribution in [-0.2, 0) is 20.9 Å². The Balaban J connectivity index is 1.44. The number of amides is 2. The first kappa shape index (κ1) is 17.2. The molecule has 1 saturated heterocycles. The SMILES string of the molecule is O=C(OCc1cc(-c2cccs2)on1)c1cccc(N2C(=O)CCC2=O)c1. The summed E-state index contributed by atoms with van der Waals surface area (Å²) in [6.45, 7) is -0.0422. The fourth-order valence-corrected chi connectivity index (χ4v) is 3.45. The molecule has 2 amide bonds. The van der Waals surface area contributed by atoms with Gasteiger partial charge >= 0.3 is 5.97 Å². The highest BCUT2D eigenvalue weighted by Gasteiger charge is 2.30. The molecular weight excluding hydrogens is 368 g/mol. The van der Waals surface area contributed by atoms with E-state index in [1.165, 1.54) is 17.4 Å². The number of carbonyl (C=O) groups is 3. The molecule has 0 unspecified atom stereocenters. The number of thiophene rings is 1. The number of hydrogen-bond donors (Lipinski definition) is 0. The predicted molar refractivity (Wildman–Crippen MR) is 97.1 cm³/mol. The summed E-state index contributed by atoms with van der Waals surface area (Å²) in [4.78, 5) is 38.0. The van der Waals surface area contributed by atoms with Crippen molar-refractivity contribution >= 4 is 34.8 Å². The first-order valence-corrected chi connectivity index (χ1v) is 9.12. The van der Waals surface area contributed by atoms with Crippen LogP contribution in [0.25, 0.3) is 10.6 Å². The molecule has 0 saturated carbocycles. The van der Waals surface area contributed by atoms with Crippen LogP contribution in [-0.4, -0.2) is 22.9 Å². The van der Waals surface area contributed by atoms with E-state index < -0.39 is 5.97 Å². The second kappa shape index (κ2) is 7.16. The van der Waals surface area contributed by atoms with E-state index in [2.05, 4.69) is 5.16 Å². The van der Waals surface area contributed by atoms with E-state index in [0.717, 1.165) is 9.78 Å². The monoisotopic (exact) mass is 382 g/mol. The summed E-state index contributed by atoms with van der Waals surface area (Å²) in [5.41, 5.74) is 1.12. The Morgan fingerprint density at radius 2 is 1.96 bits per heavy atom. The number of imide groups is 1. The average Bonchev–Trinajstić information content (AvgIpc) is 3.41. The zero-order valence-corrected chi connectivity index (χ0v) is 14.9. The topological polar surface area (TPSA) is 89.7 Å². The minimum Gasteiger partial charge on any atom is -0.455 e. The minimum absolute atomic E-state index is 0.0422. The van der Waals surface area contributed by atoms with Crippen molar-refractivity contribution in [3.8, 4) is 10.6 Å². The van der Waals surface area contributed by atoms with Gasteiger partial charge in [-0.1, -0.05) is 17.3 Å². The lowest BCUT2D eigenvalue weighted by Crippen LogP contribution is -2.28. The first-order valence-electron chi connectivity index (χ1n) is 8.24. The van der Waals surface area contributed by atoms with E-state index in [1.807, 2.05) is 17.5 Å². The van der Waals surface area contributed by atoms with Crippen LogP contribution in [0.2, 0.25) is 0 Å². The largest absolute Gasteiger partial charge is 0.455 e. The second-order valence-corrected chi connectivity index (χ2v) is 6.86. The lowest BCUT2D eigenvalue weighted by atomic mass is 10.2. The molecule has 27 heavy (non-hydrogen) atoms. The molecule has 0 N–H and O–H groups in total. The van der Waals surface area contributed by atoms with Gasteiger partial charge in [0.1, 0.15) is 12.3 Å². The highest BCUT2D eigenvalue weighted by atomic mass is 32.1. The van der Waals surface area contributed by atoms with E-state index >= 15 is 0 Å². The molecule has 1 aliphatic heterocycles. The summed E-state index contributed by atoms with van der Waals surface area (Å²) in [7, 11) is 0. The second-order valence-electron chi connectivity index (χ2n) is 5.91. The normalized spacial score (nSPS) is 14.0. The van der Waals surface area contributed by atoms with Crippen molar-refractivity contribution in [3.63, 3.8) is 0 Å². The summed E-state index contributed by atoms with van der Waals surface area (Å²) in [5, 5.41) is 5.83. The van der Waals surface area contributed by atoms with Gasteiger partial charge in [0, 0.05) is 18.9 Å². The third kappa shape index (κ3) is 3.52. The van der Waals surface area contributed by atoms with Gasteiger partial charge < -0.3 is 9.26 Å². The molecule has 0 radical (unpaired) electrons. The number of anilines is 1. The molecule has 0 aliphatic carbocycles. The number of hydrogen-bond acceptors (Lipinski definition) is 7. The third-order valence-corrected chi connectivity index (χ3v) is 4.95. The van der Waals surface area contributed by atoms with Crippen molar-refractivity contribution in [3.05, 3.63) is 59.1 Å². The molecule has 0 spiro atoms. The van der Waals surface area contributed by atoms with Gasteiger partial charge in [0.15, 0.2) is 5.76 Å². The summed E-state index contributed by atoms with van der Waals surface area (Å²) in [6.07, 6.45) is 0.373. The smallest absolute Gasteiger partial charge is 0.338 e. The Kier molecular flexibility index (Phi) is 4.55. The number of carbonyl (C=O) groups excluding carboxylic acids is 3. The van der Waals surface area contributed by atoms with E-state index in [4.69, 9.17) is 9.26 Å². The van der Waals surface area contributed by atoms with Gasteiger partial charge in [-0.2, -0.15) is 0 Å². The molecule has 8 heteroatoms. The molecule has 3 heterocycles. The fourth-order valence-electron chi connectivity index (χ4n) is 2.77. The predicted octanol–water partition coefficient (Wildman–Crippen LogP) is 3.41. The molecule has 7 nitrogen and oxygen atoms in total. The maximum Gasteiger partial charge on any atom is 0.338 e. The Morgan fingerprint density at radius 3 is 2.70 bits per heavy atom. The number of benzene rings is 1. The van der Waals surface area contributed by atoms with Crippen LogP contribution in [0.5, 0.6) is 0 Å². The Hall–Kier alpha value is -3.26. The molecule has 2 aromatic heterocycles. The molecule has 0 bridgehead atoms. The maximum atomic E-state index is 12.3. The summed E-state index contributed by atoms with van der Waals surface area (Å²) in [5.74, 6) is -0.496. The summed E-state index contributed by atoms with van der Waals surface area (Å²) in [6, 6.07) is 11.8. The van der Waals surface area contributed by atoms with Gasteiger partial charge in [-0.25, -0.2) is 4.79 Å². The number of nitrogens with zero attached hydrogens (tertiary/aromatic N) is 2. The molecule has 136 valence electrons. The van der Waals surface area contributed by atoms with Crippen LogP contribution in [0.3, 0.4) is 0 Å². The standard InChI is InChI=1S/C19H14N2O5S/c22-17-6-7-18(23)21(17)14-4-1-3-12(9-14)19(24)25-11-13-10-15(26-20-13)16-5-2-8-27-16/h1-5,8-10H,6-7,11H2. The van der Waals surface area contributed by atoms with Crippen LogP contribution in [0.15, 0.2) is 52.4 Å². The van der Waals surface area contributed by atoms with Gasteiger partial charge in [-0.3, -0.25) is 14.5 Å². The van der Waals surface area contributed by atoms with Crippen LogP contribution >= 0.6 is 11.3 Å². The van der Waals surface area contributed by atoms with Crippen molar-refractivity contribution in [1.82, 2.24) is 5.16 Å². The van der Waals surface area contributed by atoms with E-state index in [9.17, 15) is 14.4 Å². The quantitative estimate of drug-likeness (QED) is 0.496. The summed E-state index contributed by atoms with van der Waals surface area (Å²) >= 11 is 1.52. The van der Waals surface area contributed by atoms with E-state index in [-0.39, 0.29) is 36.8 Å². The van der Waals surface area contributed by atoms with Crippen molar-refractivity contribution < 1.29 is 23.6 Å². The van der Waals surface area contributed by atoms with Gasteiger partial charge in [-0.15, -0.1) is 11.3 Å². The molecule has 1 aromatic carbocycles. The zero-order valence-electron chi connectivity index (χ0n) is 14.1. The highest BCUT2D eigenvalue weighted by Crippen LogP contribution is 2.26. The van der Waals surface area contributed by atoms with Crippen molar-refractivity contribution in [2.45, 2.75) is 19.4 Å². The zero-order chi connectivity index (χ0) is 18.8. The van der Waals surface area contributed by atoms with Crippen LogP contribution < -0.4 is 4.90 Å². The van der Waals surface area contributed by atoms with Crippen LogP contribution in [0.4, 0.5) is 5.69 Å². The fraction of sp³-hybridized carbons (Fsp3) is 0.158. The van der Waals surface area contributed by atoms with Crippen LogP contribution in [0.1, 0.15) is 28.9 Å². The minimum atomic E-state index is -0.573. The van der Waals surface area contributed by atoms with Crippen molar-refractivity contribution in [2.24, 2.45) is 0 Å². The maximum absolute atomic E-state index is 12.3. The molecule has 3 aromatic rings. The van der Waals surface area contributed by atoms with Crippen LogP contribution in [0, 0.1) is 0 Å². The van der Waals surface area contributed by atoms with Crippen molar-refractivity contribution in [2.75, 3.05) is 4.90 Å². The molecular formula is C19H14N2O5S. The van der Waals surface area contributed by atoms with Gasteiger partial charge in [0.2, 0.25) is 11.8 Å². The van der Waals surface area contributed by atoms with Crippen molar-refractivity contribution in [1.29, 1.82) is 0 Å². The molecule has 0 atom stereocenters. The van der Waals surface area contributed by atoms with E-state index in [1.54, 1.807) is 24.3 Å². The first-order chi connectivity index (χ1) is 13.1. The van der Waals surface area contributed by atoms with Gasteiger partial charge in [0.05, 0.1) is 16.1 Å². The lowest BCUT2D eigenvalue weighted by molar-refractivity contribution is -0.121. The van der Waals surface area contributed by atoms with Gasteiger partial charge in [-0.05, 0) is 29.6 Å². The Bertz CT molecular complexity index is 993. The average molecular weight is 382 g/mol. The van der Waals surface area contributed by atoms with E-state index in [0.29, 0.717) is 17.1 Å². The Labute approximate surface area is 158 Å². The number of rotatable bonds is 5. The molecule has 1 fully saturated rings. The molecule has 1 aliphatic rings. The summed E-state index contributed by atoms with van der Waals surface area (Å²) < 4.78 is 10.5.